The van der Waals surface area contributed by atoms with Gasteiger partial charge in [-0.1, -0.05) is 0 Å². The van der Waals surface area contributed by atoms with Gasteiger partial charge in [0.05, 0.1) is 0 Å². The lowest BCUT2D eigenvalue weighted by Gasteiger charge is -2.23. The SMILES string of the molecule is CC(C)(C)OC(=O)N1Nc2nc(-c3ccc(C(F)(F)F)nc3)nc(C(F)(F)F)c2N1. The number of aromatic nitrogens is 3. The topological polar surface area (TPSA) is 92.3 Å². The van der Waals surface area contributed by atoms with E-state index in [0.717, 1.165) is 6.07 Å². The third kappa shape index (κ3) is 4.46. The number of pyridine rings is 1. The molecular formula is C16H14F6N6O2. The van der Waals surface area contributed by atoms with Crippen LogP contribution in [-0.4, -0.2) is 31.8 Å². The number of nitrogens with one attached hydrogen (secondary N) is 2. The van der Waals surface area contributed by atoms with Crippen molar-refractivity contribution in [1.29, 1.82) is 0 Å². The maximum absolute atomic E-state index is 13.5. The fourth-order valence-corrected chi connectivity index (χ4v) is 2.32. The number of carbonyl (C=O) groups is 1. The Bertz CT molecular complexity index is 968. The van der Waals surface area contributed by atoms with Crippen molar-refractivity contribution < 1.29 is 35.9 Å². The number of hydrogen-bond acceptors (Lipinski definition) is 7. The van der Waals surface area contributed by atoms with Crippen LogP contribution in [0.2, 0.25) is 0 Å². The quantitative estimate of drug-likeness (QED) is 0.637. The zero-order chi connectivity index (χ0) is 22.5. The highest BCUT2D eigenvalue weighted by Crippen LogP contribution is 2.41. The van der Waals surface area contributed by atoms with E-state index in [4.69, 9.17) is 4.74 Å². The number of hydrogen-bond donors (Lipinski definition) is 2. The number of anilines is 2. The molecule has 1 amide bonds. The van der Waals surface area contributed by atoms with E-state index in [1.54, 1.807) is 20.8 Å². The maximum Gasteiger partial charge on any atom is 0.449 e. The molecule has 14 heteroatoms. The number of alkyl halides is 6. The molecule has 2 N–H and O–H groups in total. The predicted molar refractivity (Wildman–Crippen MR) is 90.6 cm³/mol. The molecule has 2 aromatic heterocycles. The number of amides is 1. The van der Waals surface area contributed by atoms with Gasteiger partial charge in [0.15, 0.2) is 17.3 Å². The van der Waals surface area contributed by atoms with Crippen LogP contribution in [0.1, 0.15) is 32.2 Å². The third-order valence-electron chi connectivity index (χ3n) is 3.51. The number of halogens is 6. The lowest BCUT2D eigenvalue weighted by Crippen LogP contribution is -2.40. The summed E-state index contributed by atoms with van der Waals surface area (Å²) in [5.41, 5.74) is 0.0830. The summed E-state index contributed by atoms with van der Waals surface area (Å²) in [4.78, 5) is 22.6. The van der Waals surface area contributed by atoms with Crippen molar-refractivity contribution in [3.8, 4) is 11.4 Å². The predicted octanol–water partition coefficient (Wildman–Crippen LogP) is 4.48. The van der Waals surface area contributed by atoms with Gasteiger partial charge in [0.1, 0.15) is 17.0 Å². The molecule has 3 rings (SSSR count). The average Bonchev–Trinajstić information content (AvgIpc) is 3.02. The van der Waals surface area contributed by atoms with Gasteiger partial charge in [0.25, 0.3) is 0 Å². The second-order valence-electron chi connectivity index (χ2n) is 7.09. The van der Waals surface area contributed by atoms with Gasteiger partial charge < -0.3 is 4.74 Å². The second kappa shape index (κ2) is 6.88. The highest BCUT2D eigenvalue weighted by Gasteiger charge is 2.42. The van der Waals surface area contributed by atoms with Crippen LogP contribution in [0.25, 0.3) is 11.4 Å². The summed E-state index contributed by atoms with van der Waals surface area (Å²) in [7, 11) is 0. The van der Waals surface area contributed by atoms with Gasteiger partial charge in [-0.3, -0.25) is 15.8 Å². The third-order valence-corrected chi connectivity index (χ3v) is 3.51. The van der Waals surface area contributed by atoms with Crippen LogP contribution in [-0.2, 0) is 17.1 Å². The van der Waals surface area contributed by atoms with Crippen molar-refractivity contribution in [1.82, 2.24) is 20.1 Å². The minimum Gasteiger partial charge on any atom is -0.441 e. The van der Waals surface area contributed by atoms with Gasteiger partial charge in [-0.25, -0.2) is 14.8 Å². The minimum absolute atomic E-state index is 0.186. The van der Waals surface area contributed by atoms with Gasteiger partial charge in [-0.2, -0.15) is 26.3 Å². The molecule has 3 heterocycles. The zero-order valence-corrected chi connectivity index (χ0v) is 15.6. The average molecular weight is 436 g/mol. The molecule has 0 spiro atoms. The van der Waals surface area contributed by atoms with Gasteiger partial charge in [-0.05, 0) is 32.9 Å². The van der Waals surface area contributed by atoms with Gasteiger partial charge in [0.2, 0.25) is 0 Å². The van der Waals surface area contributed by atoms with Crippen LogP contribution in [0, 0.1) is 0 Å². The van der Waals surface area contributed by atoms with Crippen molar-refractivity contribution in [2.24, 2.45) is 0 Å². The molecular weight excluding hydrogens is 422 g/mol. The molecule has 0 radical (unpaired) electrons. The molecule has 1 aliphatic heterocycles. The lowest BCUT2D eigenvalue weighted by molar-refractivity contribution is -0.141. The highest BCUT2D eigenvalue weighted by molar-refractivity contribution is 5.81. The van der Waals surface area contributed by atoms with Gasteiger partial charge in [-0.15, -0.1) is 5.12 Å². The smallest absolute Gasteiger partial charge is 0.441 e. The molecule has 1 aliphatic rings. The molecule has 0 bridgehead atoms. The molecule has 0 saturated heterocycles. The first-order chi connectivity index (χ1) is 13.6. The van der Waals surface area contributed by atoms with E-state index in [0.29, 0.717) is 17.4 Å². The molecule has 0 atom stereocenters. The Morgan fingerprint density at radius 1 is 1.00 bits per heavy atom. The molecule has 2 aromatic rings. The number of nitrogens with zero attached hydrogens (tertiary/aromatic N) is 4. The van der Waals surface area contributed by atoms with E-state index in [1.807, 2.05) is 0 Å². The summed E-state index contributed by atoms with van der Waals surface area (Å²) >= 11 is 0. The summed E-state index contributed by atoms with van der Waals surface area (Å²) in [5, 5.41) is 0.550. The first-order valence-corrected chi connectivity index (χ1v) is 8.24. The van der Waals surface area contributed by atoms with Crippen molar-refractivity contribution in [3.63, 3.8) is 0 Å². The van der Waals surface area contributed by atoms with E-state index in [1.165, 1.54) is 0 Å². The van der Waals surface area contributed by atoms with Crippen LogP contribution >= 0.6 is 0 Å². The molecule has 8 nitrogen and oxygen atoms in total. The minimum atomic E-state index is -4.96. The molecule has 0 aliphatic carbocycles. The Labute approximate surface area is 165 Å². The number of hydrazine groups is 2. The fourth-order valence-electron chi connectivity index (χ4n) is 2.32. The van der Waals surface area contributed by atoms with Gasteiger partial charge >= 0.3 is 18.4 Å². The Morgan fingerprint density at radius 3 is 2.17 bits per heavy atom. The van der Waals surface area contributed by atoms with E-state index >= 15 is 0 Å². The summed E-state index contributed by atoms with van der Waals surface area (Å²) < 4.78 is 83.5. The largest absolute Gasteiger partial charge is 0.449 e. The van der Waals surface area contributed by atoms with E-state index < -0.39 is 52.8 Å². The first-order valence-electron chi connectivity index (χ1n) is 8.24. The highest BCUT2D eigenvalue weighted by atomic mass is 19.4. The summed E-state index contributed by atoms with van der Waals surface area (Å²) in [6, 6.07) is 1.49. The van der Waals surface area contributed by atoms with E-state index in [-0.39, 0.29) is 5.56 Å². The molecule has 0 saturated carbocycles. The van der Waals surface area contributed by atoms with Crippen LogP contribution in [0.15, 0.2) is 18.3 Å². The number of carbonyl (C=O) groups excluding carboxylic acids is 1. The fraction of sp³-hybridized carbons (Fsp3) is 0.375. The van der Waals surface area contributed by atoms with Crippen molar-refractivity contribution in [2.75, 3.05) is 10.9 Å². The number of ether oxygens (including phenoxy) is 1. The Hall–Kier alpha value is -3.32. The van der Waals surface area contributed by atoms with E-state index in [2.05, 4.69) is 25.8 Å². The Morgan fingerprint density at radius 2 is 1.67 bits per heavy atom. The summed E-state index contributed by atoms with van der Waals surface area (Å²) in [6.45, 7) is 4.68. The maximum atomic E-state index is 13.5. The molecule has 0 fully saturated rings. The second-order valence-corrected chi connectivity index (χ2v) is 7.09. The van der Waals surface area contributed by atoms with Crippen molar-refractivity contribution >= 4 is 17.6 Å². The molecule has 162 valence electrons. The standard InChI is InChI=1S/C16H14F6N6O2/c1-14(2,3)30-13(29)28-26-9-10(16(20,21)22)24-11(25-12(9)27-28)7-4-5-8(23-6-7)15(17,18)19/h4-6,26H,1-3H3,(H,24,25,27). The van der Waals surface area contributed by atoms with Crippen LogP contribution in [0.3, 0.4) is 0 Å². The van der Waals surface area contributed by atoms with Crippen LogP contribution in [0.4, 0.5) is 42.6 Å². The van der Waals surface area contributed by atoms with Crippen LogP contribution < -0.4 is 10.9 Å². The first kappa shape index (κ1) is 21.4. The van der Waals surface area contributed by atoms with E-state index in [9.17, 15) is 31.1 Å². The van der Waals surface area contributed by atoms with Crippen molar-refractivity contribution in [3.05, 3.63) is 29.7 Å². The molecule has 0 unspecified atom stereocenters. The number of rotatable bonds is 1. The Kier molecular flexibility index (Phi) is 4.91. The summed E-state index contributed by atoms with van der Waals surface area (Å²) in [6.07, 6.45) is -10.0. The lowest BCUT2D eigenvalue weighted by atomic mass is 10.2. The van der Waals surface area contributed by atoms with Gasteiger partial charge in [0, 0.05) is 11.8 Å². The Balaban J connectivity index is 1.99. The molecule has 0 aromatic carbocycles. The zero-order valence-electron chi connectivity index (χ0n) is 15.6. The monoisotopic (exact) mass is 436 g/mol. The van der Waals surface area contributed by atoms with Crippen molar-refractivity contribution in [2.45, 2.75) is 38.7 Å². The molecule has 30 heavy (non-hydrogen) atoms. The number of fused-ring (bicyclic) bond motifs is 1. The van der Waals surface area contributed by atoms with Crippen LogP contribution in [0.5, 0.6) is 0 Å². The normalized spacial score (nSPS) is 14.1. The summed E-state index contributed by atoms with van der Waals surface area (Å²) in [5.74, 6) is -0.958.